The van der Waals surface area contributed by atoms with E-state index in [1.807, 2.05) is 58.8 Å². The second kappa shape index (κ2) is 10.6. The third-order valence-corrected chi connectivity index (χ3v) is 8.57. The van der Waals surface area contributed by atoms with Crippen molar-refractivity contribution in [3.63, 3.8) is 0 Å². The molecule has 0 radical (unpaired) electrons. The molecular formula is C29H25N3O5S2. The minimum absolute atomic E-state index is 0.0168. The molecule has 1 amide bonds. The number of carbonyl (C=O) groups is 1. The van der Waals surface area contributed by atoms with Crippen LogP contribution in [0.25, 0.3) is 27.2 Å². The minimum Gasteiger partial charge on any atom is -0.493 e. The number of thiophene rings is 1. The van der Waals surface area contributed by atoms with Crippen molar-refractivity contribution in [2.45, 2.75) is 18.1 Å². The predicted molar refractivity (Wildman–Crippen MR) is 152 cm³/mol. The molecule has 10 heteroatoms. The van der Waals surface area contributed by atoms with Crippen molar-refractivity contribution in [1.29, 1.82) is 0 Å². The van der Waals surface area contributed by atoms with Crippen molar-refractivity contribution in [2.75, 3.05) is 26.5 Å². The predicted octanol–water partition coefficient (Wildman–Crippen LogP) is 5.40. The van der Waals surface area contributed by atoms with Crippen LogP contribution in [0.1, 0.15) is 11.1 Å². The number of furan rings is 1. The number of aromatic nitrogens is 2. The SMILES string of the molecule is COc1cc2c(cc1OC)CN(C(=O)CSc1nc3scc(-c4ccco4)c3c(=O)n1-c1ccccc1)CC2. The van der Waals surface area contributed by atoms with Crippen LogP contribution >= 0.6 is 23.1 Å². The van der Waals surface area contributed by atoms with Gasteiger partial charge in [0.1, 0.15) is 10.6 Å². The topological polar surface area (TPSA) is 86.8 Å². The first-order valence-electron chi connectivity index (χ1n) is 12.3. The van der Waals surface area contributed by atoms with Gasteiger partial charge in [-0.25, -0.2) is 4.98 Å². The summed E-state index contributed by atoms with van der Waals surface area (Å²) in [7, 11) is 3.22. The number of ether oxygens (including phenoxy) is 2. The third kappa shape index (κ3) is 4.70. The highest BCUT2D eigenvalue weighted by molar-refractivity contribution is 7.99. The van der Waals surface area contributed by atoms with E-state index in [0.717, 1.165) is 17.5 Å². The molecule has 3 aromatic heterocycles. The molecule has 0 saturated heterocycles. The zero-order valence-electron chi connectivity index (χ0n) is 21.4. The Morgan fingerprint density at radius 2 is 1.85 bits per heavy atom. The van der Waals surface area contributed by atoms with Crippen LogP contribution in [0.2, 0.25) is 0 Å². The maximum Gasteiger partial charge on any atom is 0.268 e. The molecule has 0 atom stereocenters. The van der Waals surface area contributed by atoms with Crippen molar-refractivity contribution < 1.29 is 18.7 Å². The van der Waals surface area contributed by atoms with Crippen LogP contribution in [0.5, 0.6) is 11.5 Å². The number of rotatable bonds is 7. The Morgan fingerprint density at radius 3 is 2.56 bits per heavy atom. The zero-order valence-corrected chi connectivity index (χ0v) is 23.0. The fourth-order valence-corrected chi connectivity index (χ4v) is 6.68. The van der Waals surface area contributed by atoms with E-state index < -0.39 is 0 Å². The summed E-state index contributed by atoms with van der Waals surface area (Å²) in [6.07, 6.45) is 2.32. The van der Waals surface area contributed by atoms with E-state index >= 15 is 0 Å². The fourth-order valence-electron chi connectivity index (χ4n) is 4.80. The molecule has 4 heterocycles. The van der Waals surface area contributed by atoms with Crippen LogP contribution in [0, 0.1) is 0 Å². The summed E-state index contributed by atoms with van der Waals surface area (Å²) in [6, 6.07) is 16.9. The molecule has 198 valence electrons. The number of amides is 1. The van der Waals surface area contributed by atoms with Crippen LogP contribution < -0.4 is 15.0 Å². The lowest BCUT2D eigenvalue weighted by Gasteiger charge is -2.29. The molecule has 1 aliphatic heterocycles. The molecule has 1 aliphatic rings. The molecule has 0 saturated carbocycles. The van der Waals surface area contributed by atoms with Crippen LogP contribution in [-0.2, 0) is 17.8 Å². The number of hydrogen-bond acceptors (Lipinski definition) is 8. The van der Waals surface area contributed by atoms with Gasteiger partial charge in [-0.1, -0.05) is 30.0 Å². The lowest BCUT2D eigenvalue weighted by molar-refractivity contribution is -0.129. The van der Waals surface area contributed by atoms with Gasteiger partial charge in [-0.3, -0.25) is 14.2 Å². The third-order valence-electron chi connectivity index (χ3n) is 6.77. The smallest absolute Gasteiger partial charge is 0.268 e. The van der Waals surface area contributed by atoms with Crippen molar-refractivity contribution in [2.24, 2.45) is 0 Å². The number of carbonyl (C=O) groups excluding carboxylic acids is 1. The van der Waals surface area contributed by atoms with E-state index in [0.29, 0.717) is 57.0 Å². The summed E-state index contributed by atoms with van der Waals surface area (Å²) in [6.45, 7) is 1.10. The Balaban J connectivity index is 1.30. The Labute approximate surface area is 232 Å². The molecule has 0 aliphatic carbocycles. The lowest BCUT2D eigenvalue weighted by Crippen LogP contribution is -2.37. The van der Waals surface area contributed by atoms with E-state index in [9.17, 15) is 9.59 Å². The zero-order chi connectivity index (χ0) is 26.9. The van der Waals surface area contributed by atoms with Gasteiger partial charge in [0.2, 0.25) is 5.91 Å². The summed E-state index contributed by atoms with van der Waals surface area (Å²) >= 11 is 2.66. The Bertz CT molecular complexity index is 1710. The first-order chi connectivity index (χ1) is 19.1. The van der Waals surface area contributed by atoms with Crippen LogP contribution in [0.4, 0.5) is 0 Å². The first-order valence-corrected chi connectivity index (χ1v) is 14.2. The summed E-state index contributed by atoms with van der Waals surface area (Å²) in [5, 5.41) is 2.87. The Hall–Kier alpha value is -4.02. The van der Waals surface area contributed by atoms with Crippen molar-refractivity contribution in [1.82, 2.24) is 14.5 Å². The summed E-state index contributed by atoms with van der Waals surface area (Å²) < 4.78 is 18.0. The summed E-state index contributed by atoms with van der Waals surface area (Å²) in [4.78, 5) is 34.5. The standard InChI is InChI=1S/C29H25N3O5S2/c1-35-23-13-18-10-11-31(15-19(18)14-24(23)36-2)25(33)17-39-29-30-27-26(21(16-38-27)22-9-6-12-37-22)28(34)32(29)20-7-4-3-5-8-20/h3-9,12-14,16H,10-11,15,17H2,1-2H3. The number of hydrogen-bond donors (Lipinski definition) is 0. The highest BCUT2D eigenvalue weighted by Gasteiger charge is 2.25. The van der Waals surface area contributed by atoms with Gasteiger partial charge in [0.15, 0.2) is 16.7 Å². The molecule has 0 unspecified atom stereocenters. The van der Waals surface area contributed by atoms with E-state index in [4.69, 9.17) is 18.9 Å². The van der Waals surface area contributed by atoms with Crippen LogP contribution in [0.15, 0.2) is 80.6 Å². The first kappa shape index (κ1) is 25.3. The van der Waals surface area contributed by atoms with E-state index in [2.05, 4.69) is 0 Å². The summed E-state index contributed by atoms with van der Waals surface area (Å²) in [5.74, 6) is 2.10. The van der Waals surface area contributed by atoms with Crippen molar-refractivity contribution >= 4 is 39.2 Å². The lowest BCUT2D eigenvalue weighted by atomic mass is 9.99. The molecule has 39 heavy (non-hydrogen) atoms. The van der Waals surface area contributed by atoms with E-state index in [-0.39, 0.29) is 17.2 Å². The Morgan fingerprint density at radius 1 is 1.08 bits per heavy atom. The average Bonchev–Trinajstić information content (AvgIpc) is 3.65. The molecule has 8 nitrogen and oxygen atoms in total. The maximum atomic E-state index is 13.9. The monoisotopic (exact) mass is 559 g/mol. The van der Waals surface area contributed by atoms with E-state index in [1.165, 1.54) is 23.1 Å². The van der Waals surface area contributed by atoms with Crippen molar-refractivity contribution in [3.8, 4) is 28.5 Å². The molecule has 0 N–H and O–H groups in total. The van der Waals surface area contributed by atoms with Gasteiger partial charge < -0.3 is 18.8 Å². The number of para-hydroxylation sites is 1. The van der Waals surface area contributed by atoms with Gasteiger partial charge in [-0.05, 0) is 53.9 Å². The molecule has 0 spiro atoms. The van der Waals surface area contributed by atoms with Gasteiger partial charge in [0, 0.05) is 24.0 Å². The Kier molecular flexibility index (Phi) is 6.88. The second-order valence-electron chi connectivity index (χ2n) is 9.01. The normalized spacial score (nSPS) is 12.9. The van der Waals surface area contributed by atoms with Crippen molar-refractivity contribution in [3.05, 3.63) is 87.7 Å². The highest BCUT2D eigenvalue weighted by atomic mass is 32.2. The van der Waals surface area contributed by atoms with Gasteiger partial charge in [0.05, 0.1) is 37.3 Å². The molecule has 0 fully saturated rings. The second-order valence-corrected chi connectivity index (χ2v) is 10.8. The molecule has 2 aromatic carbocycles. The molecule has 6 rings (SSSR count). The quantitative estimate of drug-likeness (QED) is 0.195. The largest absolute Gasteiger partial charge is 0.493 e. The van der Waals surface area contributed by atoms with Gasteiger partial charge in [-0.15, -0.1) is 11.3 Å². The average molecular weight is 560 g/mol. The number of benzene rings is 2. The minimum atomic E-state index is -0.193. The van der Waals surface area contributed by atoms with Gasteiger partial charge >= 0.3 is 0 Å². The fraction of sp³-hybridized carbons (Fsp3) is 0.207. The van der Waals surface area contributed by atoms with Crippen LogP contribution in [0.3, 0.4) is 0 Å². The number of nitrogens with zero attached hydrogens (tertiary/aromatic N) is 3. The molecule has 0 bridgehead atoms. The number of methoxy groups -OCH3 is 2. The van der Waals surface area contributed by atoms with Gasteiger partial charge in [-0.2, -0.15) is 0 Å². The maximum absolute atomic E-state index is 13.9. The van der Waals surface area contributed by atoms with Crippen LogP contribution in [-0.4, -0.2) is 46.9 Å². The number of thioether (sulfide) groups is 1. The number of fused-ring (bicyclic) bond motifs is 2. The molecule has 5 aromatic rings. The highest BCUT2D eigenvalue weighted by Crippen LogP contribution is 2.35. The summed E-state index contributed by atoms with van der Waals surface area (Å²) in [5.41, 5.74) is 3.41. The van der Waals surface area contributed by atoms with E-state index in [1.54, 1.807) is 31.1 Å². The molecular weight excluding hydrogens is 534 g/mol. The van der Waals surface area contributed by atoms with Gasteiger partial charge in [0.25, 0.3) is 5.56 Å².